The van der Waals surface area contributed by atoms with Crippen molar-refractivity contribution in [2.24, 2.45) is 0 Å². The summed E-state index contributed by atoms with van der Waals surface area (Å²) in [6.07, 6.45) is 0. The Labute approximate surface area is 114 Å². The second-order valence-corrected chi connectivity index (χ2v) is 5.08. The molecule has 96 valence electrons. The lowest BCUT2D eigenvalue weighted by Crippen LogP contribution is -2.12. The van der Waals surface area contributed by atoms with Crippen LogP contribution in [0.15, 0.2) is 53.3 Å². The van der Waals surface area contributed by atoms with Gasteiger partial charge in [-0.25, -0.2) is 3.96 Å². The van der Waals surface area contributed by atoms with Crippen LogP contribution < -0.4 is 10.3 Å². The normalized spacial score (nSPS) is 10.8. The van der Waals surface area contributed by atoms with Gasteiger partial charge in [-0.2, -0.15) is 0 Å². The summed E-state index contributed by atoms with van der Waals surface area (Å²) in [6, 6.07) is 15.3. The molecule has 4 heteroatoms. The van der Waals surface area contributed by atoms with Crippen LogP contribution in [0.25, 0.3) is 15.8 Å². The summed E-state index contributed by atoms with van der Waals surface area (Å²) in [5.41, 5.74) is 0.809. The molecule has 0 unspecified atom stereocenters. The van der Waals surface area contributed by atoms with Crippen LogP contribution in [0.4, 0.5) is 0 Å². The van der Waals surface area contributed by atoms with E-state index >= 15 is 0 Å². The lowest BCUT2D eigenvalue weighted by Gasteiger charge is -2.08. The van der Waals surface area contributed by atoms with Crippen molar-refractivity contribution in [1.29, 1.82) is 0 Å². The maximum absolute atomic E-state index is 12.4. The molecule has 0 amide bonds. The second-order valence-electron chi connectivity index (χ2n) is 4.09. The van der Waals surface area contributed by atoms with Gasteiger partial charge in [0.1, 0.15) is 11.4 Å². The molecule has 0 radical (unpaired) electrons. The minimum absolute atomic E-state index is 0.00718. The average Bonchev–Trinajstić information content (AvgIpc) is 2.78. The minimum atomic E-state index is 0.00718. The Balaban J connectivity index is 2.25. The second kappa shape index (κ2) is 4.90. The summed E-state index contributed by atoms with van der Waals surface area (Å²) < 4.78 is 8.26. The van der Waals surface area contributed by atoms with Crippen molar-refractivity contribution in [3.63, 3.8) is 0 Å². The molecule has 0 atom stereocenters. The Kier molecular flexibility index (Phi) is 3.09. The predicted molar refractivity (Wildman–Crippen MR) is 78.6 cm³/mol. The van der Waals surface area contributed by atoms with E-state index in [0.717, 1.165) is 21.5 Å². The van der Waals surface area contributed by atoms with Gasteiger partial charge in [0.05, 0.1) is 16.7 Å². The quantitative estimate of drug-likeness (QED) is 0.730. The number of fused-ring (bicyclic) bond motifs is 1. The van der Waals surface area contributed by atoms with Crippen LogP contribution >= 0.6 is 11.5 Å². The Bertz CT molecular complexity index is 773. The number of rotatable bonds is 3. The van der Waals surface area contributed by atoms with Crippen molar-refractivity contribution in [3.8, 4) is 11.4 Å². The van der Waals surface area contributed by atoms with E-state index in [2.05, 4.69) is 0 Å². The van der Waals surface area contributed by atoms with Crippen LogP contribution in [0, 0.1) is 0 Å². The molecule has 3 nitrogen and oxygen atoms in total. The van der Waals surface area contributed by atoms with E-state index in [1.807, 2.05) is 55.5 Å². The highest BCUT2D eigenvalue weighted by Gasteiger charge is 2.12. The zero-order valence-electron chi connectivity index (χ0n) is 10.5. The maximum Gasteiger partial charge on any atom is 0.273 e. The summed E-state index contributed by atoms with van der Waals surface area (Å²) in [7, 11) is 0. The van der Waals surface area contributed by atoms with Crippen LogP contribution in [0.2, 0.25) is 0 Å². The Morgan fingerprint density at radius 3 is 2.63 bits per heavy atom. The van der Waals surface area contributed by atoms with Crippen molar-refractivity contribution in [2.75, 3.05) is 6.61 Å². The van der Waals surface area contributed by atoms with Crippen molar-refractivity contribution < 1.29 is 4.74 Å². The number of hydrogen-bond acceptors (Lipinski definition) is 3. The Hall–Kier alpha value is -2.07. The fraction of sp³-hybridized carbons (Fsp3) is 0.133. The number of para-hydroxylation sites is 2. The highest BCUT2D eigenvalue weighted by molar-refractivity contribution is 7.14. The molecule has 1 aromatic heterocycles. The van der Waals surface area contributed by atoms with Crippen molar-refractivity contribution in [1.82, 2.24) is 3.96 Å². The van der Waals surface area contributed by atoms with Crippen LogP contribution in [0.5, 0.6) is 5.75 Å². The van der Waals surface area contributed by atoms with E-state index in [1.165, 1.54) is 11.5 Å². The zero-order valence-corrected chi connectivity index (χ0v) is 11.3. The van der Waals surface area contributed by atoms with Gasteiger partial charge >= 0.3 is 0 Å². The summed E-state index contributed by atoms with van der Waals surface area (Å²) in [5, 5.41) is 0.749. The molecule has 0 aliphatic carbocycles. The smallest absolute Gasteiger partial charge is 0.273 e. The van der Waals surface area contributed by atoms with E-state index in [4.69, 9.17) is 4.74 Å². The molecule has 0 bridgehead atoms. The molecule has 0 saturated heterocycles. The molecule has 3 rings (SSSR count). The molecule has 19 heavy (non-hydrogen) atoms. The molecule has 3 aromatic rings. The first-order chi connectivity index (χ1) is 9.31. The molecule has 0 spiro atoms. The fourth-order valence-electron chi connectivity index (χ4n) is 2.03. The third kappa shape index (κ3) is 2.04. The first kappa shape index (κ1) is 12.0. The van der Waals surface area contributed by atoms with Gasteiger partial charge in [-0.3, -0.25) is 4.79 Å². The van der Waals surface area contributed by atoms with Gasteiger partial charge in [0.2, 0.25) is 0 Å². The zero-order chi connectivity index (χ0) is 13.2. The van der Waals surface area contributed by atoms with Gasteiger partial charge in [0.25, 0.3) is 5.56 Å². The molecule has 0 saturated carbocycles. The largest absolute Gasteiger partial charge is 0.492 e. The van der Waals surface area contributed by atoms with E-state index in [9.17, 15) is 4.79 Å². The number of nitrogens with zero attached hydrogens (tertiary/aromatic N) is 1. The van der Waals surface area contributed by atoms with Crippen LogP contribution in [-0.2, 0) is 0 Å². The third-order valence-corrected chi connectivity index (χ3v) is 3.97. The molecule has 0 N–H and O–H groups in total. The Morgan fingerprint density at radius 1 is 1.11 bits per heavy atom. The summed E-state index contributed by atoms with van der Waals surface area (Å²) >= 11 is 1.44. The van der Waals surface area contributed by atoms with Gasteiger partial charge in [-0.05, 0) is 31.2 Å². The van der Waals surface area contributed by atoms with Crippen molar-refractivity contribution >= 4 is 21.6 Å². The van der Waals surface area contributed by atoms with Gasteiger partial charge in [-0.1, -0.05) is 35.8 Å². The topological polar surface area (TPSA) is 31.2 Å². The third-order valence-electron chi connectivity index (χ3n) is 2.88. The molecule has 1 heterocycles. The van der Waals surface area contributed by atoms with E-state index in [0.29, 0.717) is 6.61 Å². The lowest BCUT2D eigenvalue weighted by molar-refractivity contribution is 0.339. The molecule has 2 aromatic carbocycles. The van der Waals surface area contributed by atoms with E-state index in [1.54, 1.807) is 3.96 Å². The summed E-state index contributed by atoms with van der Waals surface area (Å²) in [5.74, 6) is 0.735. The van der Waals surface area contributed by atoms with E-state index in [-0.39, 0.29) is 5.56 Å². The van der Waals surface area contributed by atoms with E-state index < -0.39 is 0 Å². The first-order valence-corrected chi connectivity index (χ1v) is 6.92. The van der Waals surface area contributed by atoms with Crippen molar-refractivity contribution in [2.45, 2.75) is 6.92 Å². The van der Waals surface area contributed by atoms with Crippen LogP contribution in [-0.4, -0.2) is 10.6 Å². The first-order valence-electron chi connectivity index (χ1n) is 6.14. The molecular formula is C15H13NO2S. The van der Waals surface area contributed by atoms with Crippen molar-refractivity contribution in [3.05, 3.63) is 58.9 Å². The maximum atomic E-state index is 12.4. The highest BCUT2D eigenvalue weighted by atomic mass is 32.1. The summed E-state index contributed by atoms with van der Waals surface area (Å²) in [6.45, 7) is 2.52. The van der Waals surface area contributed by atoms with Gasteiger partial charge in [0, 0.05) is 0 Å². The molecular weight excluding hydrogens is 258 g/mol. The minimum Gasteiger partial charge on any atom is -0.492 e. The molecule has 0 aliphatic heterocycles. The van der Waals surface area contributed by atoms with Crippen LogP contribution in [0.1, 0.15) is 6.92 Å². The molecule has 0 fully saturated rings. The Morgan fingerprint density at radius 2 is 1.84 bits per heavy atom. The van der Waals surface area contributed by atoms with Crippen LogP contribution in [0.3, 0.4) is 0 Å². The number of benzene rings is 2. The SMILES string of the molecule is CCOc1ccccc1-n1sc2ccccc2c1=O. The predicted octanol–water partition coefficient (Wildman–Crippen LogP) is 3.45. The lowest BCUT2D eigenvalue weighted by atomic mass is 10.2. The fourth-order valence-corrected chi connectivity index (χ4v) is 3.05. The van der Waals surface area contributed by atoms with Gasteiger partial charge < -0.3 is 4.74 Å². The summed E-state index contributed by atoms with van der Waals surface area (Å²) in [4.78, 5) is 12.4. The number of hydrogen-bond donors (Lipinski definition) is 0. The van der Waals surface area contributed by atoms with Gasteiger partial charge in [-0.15, -0.1) is 0 Å². The molecule has 0 aliphatic rings. The monoisotopic (exact) mass is 271 g/mol. The highest BCUT2D eigenvalue weighted by Crippen LogP contribution is 2.26. The standard InChI is InChI=1S/C15H13NO2S/c1-2-18-13-9-5-4-8-12(13)16-15(17)11-7-3-6-10-14(11)19-16/h3-10H,2H2,1H3. The average molecular weight is 271 g/mol. The number of ether oxygens (including phenoxy) is 1. The number of aromatic nitrogens is 1. The van der Waals surface area contributed by atoms with Gasteiger partial charge in [0.15, 0.2) is 0 Å².